The Morgan fingerprint density at radius 3 is 2.43 bits per heavy atom. The molecule has 0 fully saturated rings. The van der Waals surface area contributed by atoms with Gasteiger partial charge in [0.25, 0.3) is 0 Å². The van der Waals surface area contributed by atoms with Gasteiger partial charge < -0.3 is 5.84 Å². The van der Waals surface area contributed by atoms with Crippen molar-refractivity contribution in [2.75, 3.05) is 11.6 Å². The summed E-state index contributed by atoms with van der Waals surface area (Å²) in [5, 5.41) is 8.98. The largest absolute Gasteiger partial charge is 0.336 e. The fraction of sp³-hybridized carbons (Fsp3) is 0.778. The Morgan fingerprint density at radius 1 is 1.36 bits per heavy atom. The number of nitrogens with zero attached hydrogens (tertiary/aromatic N) is 3. The second-order valence-corrected chi connectivity index (χ2v) is 5.34. The summed E-state index contributed by atoms with van der Waals surface area (Å²) in [5.41, 5.74) is -0.0488. The number of rotatable bonds is 3. The van der Waals surface area contributed by atoms with Gasteiger partial charge >= 0.3 is 0 Å². The van der Waals surface area contributed by atoms with Crippen LogP contribution in [0, 0.1) is 0 Å². The predicted octanol–water partition coefficient (Wildman–Crippen LogP) is 1.79. The maximum Gasteiger partial charge on any atom is 0.209 e. The van der Waals surface area contributed by atoms with Crippen LogP contribution in [-0.2, 0) is 5.41 Å². The van der Waals surface area contributed by atoms with Gasteiger partial charge in [0.2, 0.25) is 5.16 Å². The van der Waals surface area contributed by atoms with E-state index in [9.17, 15) is 0 Å². The van der Waals surface area contributed by atoms with Gasteiger partial charge in [-0.05, 0) is 6.42 Å². The number of nitrogens with two attached hydrogens (primary N) is 1. The first kappa shape index (κ1) is 11.4. The van der Waals surface area contributed by atoms with Crippen LogP contribution in [0.5, 0.6) is 0 Å². The lowest BCUT2D eigenvalue weighted by Crippen LogP contribution is -2.24. The molecule has 0 saturated heterocycles. The number of hydrogen-bond acceptors (Lipinski definition) is 4. The highest BCUT2D eigenvalue weighted by molar-refractivity contribution is 7.99. The second-order valence-electron chi connectivity index (χ2n) is 4.27. The SMILES string of the molecule is CCCSc1nnc(C(C)(C)C)n1N. The molecule has 0 radical (unpaired) electrons. The maximum absolute atomic E-state index is 5.90. The van der Waals surface area contributed by atoms with Crippen molar-refractivity contribution in [2.24, 2.45) is 0 Å². The van der Waals surface area contributed by atoms with E-state index in [0.717, 1.165) is 23.2 Å². The molecular weight excluding hydrogens is 196 g/mol. The van der Waals surface area contributed by atoms with Crippen LogP contribution < -0.4 is 5.84 Å². The lowest BCUT2D eigenvalue weighted by molar-refractivity contribution is 0.523. The Labute approximate surface area is 89.2 Å². The van der Waals surface area contributed by atoms with Crippen LogP contribution in [0.3, 0.4) is 0 Å². The highest BCUT2D eigenvalue weighted by Crippen LogP contribution is 2.23. The number of hydrogen-bond donors (Lipinski definition) is 1. The molecule has 1 rings (SSSR count). The molecule has 0 aromatic carbocycles. The summed E-state index contributed by atoms with van der Waals surface area (Å²) in [5.74, 6) is 7.76. The molecule has 0 spiro atoms. The highest BCUT2D eigenvalue weighted by atomic mass is 32.2. The summed E-state index contributed by atoms with van der Waals surface area (Å²) in [6.45, 7) is 8.37. The molecule has 0 saturated carbocycles. The lowest BCUT2D eigenvalue weighted by Gasteiger charge is -2.16. The fourth-order valence-corrected chi connectivity index (χ4v) is 1.79. The van der Waals surface area contributed by atoms with Gasteiger partial charge in [-0.3, -0.25) is 0 Å². The normalized spacial score (nSPS) is 12.0. The van der Waals surface area contributed by atoms with Crippen LogP contribution in [-0.4, -0.2) is 20.6 Å². The summed E-state index contributed by atoms with van der Waals surface area (Å²) in [6.07, 6.45) is 1.11. The molecule has 1 heterocycles. The quantitative estimate of drug-likeness (QED) is 0.615. The minimum absolute atomic E-state index is 0.0488. The molecular formula is C9H18N4S. The molecule has 80 valence electrons. The van der Waals surface area contributed by atoms with E-state index >= 15 is 0 Å². The minimum Gasteiger partial charge on any atom is -0.336 e. The monoisotopic (exact) mass is 214 g/mol. The number of nitrogen functional groups attached to an aromatic ring is 1. The van der Waals surface area contributed by atoms with Crippen LogP contribution in [0.1, 0.15) is 39.9 Å². The molecule has 1 aromatic heterocycles. The van der Waals surface area contributed by atoms with E-state index in [1.165, 1.54) is 0 Å². The summed E-state index contributed by atoms with van der Waals surface area (Å²) < 4.78 is 1.60. The Balaban J connectivity index is 2.86. The molecule has 0 aliphatic carbocycles. The van der Waals surface area contributed by atoms with E-state index in [-0.39, 0.29) is 5.41 Å². The fourth-order valence-electron chi connectivity index (χ4n) is 1.08. The van der Waals surface area contributed by atoms with E-state index in [1.54, 1.807) is 16.4 Å². The zero-order chi connectivity index (χ0) is 10.8. The zero-order valence-corrected chi connectivity index (χ0v) is 10.1. The van der Waals surface area contributed by atoms with Gasteiger partial charge in [-0.1, -0.05) is 39.5 Å². The topological polar surface area (TPSA) is 56.7 Å². The lowest BCUT2D eigenvalue weighted by atomic mass is 9.96. The summed E-state index contributed by atoms with van der Waals surface area (Å²) in [6, 6.07) is 0. The molecule has 4 nitrogen and oxygen atoms in total. The minimum atomic E-state index is -0.0488. The summed E-state index contributed by atoms with van der Waals surface area (Å²) in [4.78, 5) is 0. The molecule has 14 heavy (non-hydrogen) atoms. The Morgan fingerprint density at radius 2 is 2.00 bits per heavy atom. The number of thioether (sulfide) groups is 1. The van der Waals surface area contributed by atoms with E-state index in [0.29, 0.717) is 0 Å². The summed E-state index contributed by atoms with van der Waals surface area (Å²) >= 11 is 1.65. The first-order valence-corrected chi connectivity index (χ1v) is 5.79. The van der Waals surface area contributed by atoms with Gasteiger partial charge in [0, 0.05) is 11.2 Å². The van der Waals surface area contributed by atoms with Gasteiger partial charge in [-0.15, -0.1) is 10.2 Å². The third-order valence-electron chi connectivity index (χ3n) is 1.77. The second kappa shape index (κ2) is 4.21. The molecule has 0 unspecified atom stereocenters. The Bertz CT molecular complexity index is 300. The molecule has 0 aliphatic rings. The van der Waals surface area contributed by atoms with E-state index in [1.807, 2.05) is 0 Å². The van der Waals surface area contributed by atoms with Crippen molar-refractivity contribution in [1.29, 1.82) is 0 Å². The smallest absolute Gasteiger partial charge is 0.209 e. The van der Waals surface area contributed by atoms with Crippen molar-refractivity contribution in [3.63, 3.8) is 0 Å². The van der Waals surface area contributed by atoms with Crippen LogP contribution >= 0.6 is 11.8 Å². The van der Waals surface area contributed by atoms with Crippen molar-refractivity contribution >= 4 is 11.8 Å². The molecule has 0 atom stereocenters. The molecule has 0 bridgehead atoms. The average Bonchev–Trinajstić information content (AvgIpc) is 2.42. The van der Waals surface area contributed by atoms with Gasteiger partial charge in [0.1, 0.15) is 0 Å². The van der Waals surface area contributed by atoms with Crippen LogP contribution in [0.4, 0.5) is 0 Å². The predicted molar refractivity (Wildman–Crippen MR) is 59.9 cm³/mol. The zero-order valence-electron chi connectivity index (χ0n) is 9.24. The molecule has 5 heteroatoms. The van der Waals surface area contributed by atoms with Crippen LogP contribution in [0.25, 0.3) is 0 Å². The Kier molecular flexibility index (Phi) is 3.42. The first-order chi connectivity index (χ1) is 6.46. The molecule has 2 N–H and O–H groups in total. The highest BCUT2D eigenvalue weighted by Gasteiger charge is 2.22. The van der Waals surface area contributed by atoms with Crippen LogP contribution in [0.15, 0.2) is 5.16 Å². The van der Waals surface area contributed by atoms with Crippen molar-refractivity contribution in [3.05, 3.63) is 5.82 Å². The molecule has 0 amide bonds. The van der Waals surface area contributed by atoms with E-state index < -0.39 is 0 Å². The molecule has 0 aliphatic heterocycles. The summed E-state index contributed by atoms with van der Waals surface area (Å²) in [7, 11) is 0. The van der Waals surface area contributed by atoms with E-state index in [2.05, 4.69) is 37.9 Å². The third kappa shape index (κ3) is 2.41. The van der Waals surface area contributed by atoms with E-state index in [4.69, 9.17) is 5.84 Å². The molecule has 1 aromatic rings. The van der Waals surface area contributed by atoms with Crippen LogP contribution in [0.2, 0.25) is 0 Å². The first-order valence-electron chi connectivity index (χ1n) is 4.80. The number of aromatic nitrogens is 3. The van der Waals surface area contributed by atoms with Crippen molar-refractivity contribution in [2.45, 2.75) is 44.7 Å². The van der Waals surface area contributed by atoms with Crippen molar-refractivity contribution < 1.29 is 0 Å². The van der Waals surface area contributed by atoms with Crippen molar-refractivity contribution in [3.8, 4) is 0 Å². The van der Waals surface area contributed by atoms with Gasteiger partial charge in [0.15, 0.2) is 5.82 Å². The van der Waals surface area contributed by atoms with Gasteiger partial charge in [0.05, 0.1) is 0 Å². The van der Waals surface area contributed by atoms with Gasteiger partial charge in [-0.2, -0.15) is 0 Å². The third-order valence-corrected chi connectivity index (χ3v) is 2.92. The van der Waals surface area contributed by atoms with Gasteiger partial charge in [-0.25, -0.2) is 4.68 Å². The average molecular weight is 214 g/mol. The van der Waals surface area contributed by atoms with Crippen molar-refractivity contribution in [1.82, 2.24) is 14.9 Å². The maximum atomic E-state index is 5.90. The Hall–Kier alpha value is -0.710. The standard InChI is InChI=1S/C9H18N4S/c1-5-6-14-8-12-11-7(13(8)10)9(2,3)4/h5-6,10H2,1-4H3.